The van der Waals surface area contributed by atoms with Gasteiger partial charge in [-0.25, -0.2) is 0 Å². The lowest BCUT2D eigenvalue weighted by Crippen LogP contribution is -2.32. The molecular weight excluding hydrogens is 280 g/mol. The Morgan fingerprint density at radius 1 is 1.15 bits per heavy atom. The molecule has 0 atom stereocenters. The van der Waals surface area contributed by atoms with E-state index in [4.69, 9.17) is 0 Å². The van der Waals surface area contributed by atoms with Crippen LogP contribution in [0, 0.1) is 0 Å². The van der Waals surface area contributed by atoms with E-state index in [1.807, 2.05) is 0 Å². The number of carbonyl (C=O) groups is 2. The van der Waals surface area contributed by atoms with Crippen molar-refractivity contribution in [1.29, 1.82) is 0 Å². The van der Waals surface area contributed by atoms with Gasteiger partial charge >= 0.3 is 0 Å². The fourth-order valence-corrected chi connectivity index (χ4v) is 1.46. The summed E-state index contributed by atoms with van der Waals surface area (Å²) in [5.74, 6) is -0.454. The first-order chi connectivity index (χ1) is 9.19. The second-order valence-corrected chi connectivity index (χ2v) is 4.02. The van der Waals surface area contributed by atoms with E-state index in [1.165, 1.54) is 19.3 Å². The number of halogens is 1. The molecule has 0 aliphatic heterocycles. The van der Waals surface area contributed by atoms with Crippen molar-refractivity contribution in [3.05, 3.63) is 29.6 Å². The van der Waals surface area contributed by atoms with Crippen LogP contribution in [0.2, 0.25) is 0 Å². The van der Waals surface area contributed by atoms with Crippen LogP contribution in [0.4, 0.5) is 0 Å². The molecule has 1 rings (SSSR count). The van der Waals surface area contributed by atoms with Gasteiger partial charge in [-0.15, -0.1) is 12.4 Å². The number of amides is 2. The molecule has 6 nitrogen and oxygen atoms in total. The highest BCUT2D eigenvalue weighted by atomic mass is 35.5. The van der Waals surface area contributed by atoms with E-state index in [-0.39, 0.29) is 24.2 Å². The molecule has 1 heterocycles. The van der Waals surface area contributed by atoms with Crippen molar-refractivity contribution >= 4 is 24.2 Å². The largest absolute Gasteiger partial charge is 0.354 e. The van der Waals surface area contributed by atoms with Gasteiger partial charge in [0.05, 0.1) is 5.56 Å². The van der Waals surface area contributed by atoms with E-state index >= 15 is 0 Å². The highest BCUT2D eigenvalue weighted by molar-refractivity contribution is 5.96. The van der Waals surface area contributed by atoms with Crippen molar-refractivity contribution in [2.75, 3.05) is 26.7 Å². The average molecular weight is 301 g/mol. The summed E-state index contributed by atoms with van der Waals surface area (Å²) in [5, 5.41) is 8.44. The van der Waals surface area contributed by atoms with Gasteiger partial charge in [-0.1, -0.05) is 6.92 Å². The Labute approximate surface area is 125 Å². The van der Waals surface area contributed by atoms with Crippen LogP contribution in [0.3, 0.4) is 0 Å². The highest BCUT2D eigenvalue weighted by Crippen LogP contribution is 2.00. The molecule has 2 amide bonds. The van der Waals surface area contributed by atoms with Gasteiger partial charge in [-0.3, -0.25) is 14.6 Å². The van der Waals surface area contributed by atoms with Crippen LogP contribution in [-0.2, 0) is 0 Å². The standard InChI is InChI=1S/C13H20N4O2.ClH/c1-3-6-15-7-8-16-12(18)10-4-5-11(17-9-10)13(19)14-2;/h4-5,9,15H,3,6-8H2,1-2H3,(H,14,19)(H,16,18);1H. The fourth-order valence-electron chi connectivity index (χ4n) is 1.46. The van der Waals surface area contributed by atoms with Crippen LogP contribution >= 0.6 is 12.4 Å². The first-order valence-corrected chi connectivity index (χ1v) is 6.36. The maximum atomic E-state index is 11.7. The molecule has 0 aliphatic rings. The molecule has 0 unspecified atom stereocenters. The minimum absolute atomic E-state index is 0. The normalized spacial score (nSPS) is 9.50. The van der Waals surface area contributed by atoms with Crippen molar-refractivity contribution in [3.63, 3.8) is 0 Å². The van der Waals surface area contributed by atoms with E-state index in [0.717, 1.165) is 19.5 Å². The molecule has 3 N–H and O–H groups in total. The van der Waals surface area contributed by atoms with Gasteiger partial charge < -0.3 is 16.0 Å². The highest BCUT2D eigenvalue weighted by Gasteiger charge is 2.08. The van der Waals surface area contributed by atoms with E-state index < -0.39 is 0 Å². The smallest absolute Gasteiger partial charge is 0.269 e. The predicted octanol–water partition coefficient (Wildman–Crippen LogP) is 0.592. The second kappa shape index (κ2) is 10.2. The van der Waals surface area contributed by atoms with Gasteiger partial charge in [-0.2, -0.15) is 0 Å². The minimum Gasteiger partial charge on any atom is -0.354 e. The van der Waals surface area contributed by atoms with Crippen LogP contribution in [0.1, 0.15) is 34.2 Å². The van der Waals surface area contributed by atoms with Gasteiger partial charge in [0, 0.05) is 26.3 Å². The molecule has 1 aromatic heterocycles. The Morgan fingerprint density at radius 2 is 1.90 bits per heavy atom. The molecular formula is C13H21ClN4O2. The molecule has 0 spiro atoms. The number of carbonyl (C=O) groups excluding carboxylic acids is 2. The first kappa shape index (κ1) is 18.3. The SMILES string of the molecule is CCCNCCNC(=O)c1ccc(C(=O)NC)nc1.Cl. The molecule has 0 aliphatic carbocycles. The van der Waals surface area contributed by atoms with E-state index in [2.05, 4.69) is 27.9 Å². The van der Waals surface area contributed by atoms with Crippen molar-refractivity contribution in [2.24, 2.45) is 0 Å². The zero-order valence-corrected chi connectivity index (χ0v) is 12.5. The van der Waals surface area contributed by atoms with Crippen molar-refractivity contribution in [2.45, 2.75) is 13.3 Å². The lowest BCUT2D eigenvalue weighted by Gasteiger charge is -2.06. The number of aromatic nitrogens is 1. The summed E-state index contributed by atoms with van der Waals surface area (Å²) < 4.78 is 0. The molecule has 1 aromatic rings. The molecule has 0 aromatic carbocycles. The monoisotopic (exact) mass is 300 g/mol. The number of rotatable bonds is 7. The summed E-state index contributed by atoms with van der Waals surface area (Å²) in [5.41, 5.74) is 0.742. The summed E-state index contributed by atoms with van der Waals surface area (Å²) in [6, 6.07) is 3.12. The van der Waals surface area contributed by atoms with Crippen molar-refractivity contribution < 1.29 is 9.59 Å². The minimum atomic E-state index is -0.268. The summed E-state index contributed by atoms with van der Waals surface area (Å²) in [6.45, 7) is 4.34. The number of hydrogen-bond donors (Lipinski definition) is 3. The summed E-state index contributed by atoms with van der Waals surface area (Å²) in [7, 11) is 1.54. The van der Waals surface area contributed by atoms with Crippen molar-refractivity contribution in [1.82, 2.24) is 20.9 Å². The molecule has 0 radical (unpaired) electrons. The Bertz CT molecular complexity index is 423. The van der Waals surface area contributed by atoms with Crippen LogP contribution in [0.15, 0.2) is 18.3 Å². The van der Waals surface area contributed by atoms with Crippen LogP contribution < -0.4 is 16.0 Å². The molecule has 0 bridgehead atoms. The number of nitrogens with zero attached hydrogens (tertiary/aromatic N) is 1. The van der Waals surface area contributed by atoms with Gasteiger partial charge in [0.2, 0.25) is 0 Å². The molecule has 0 fully saturated rings. The van der Waals surface area contributed by atoms with Crippen LogP contribution in [0.25, 0.3) is 0 Å². The van der Waals surface area contributed by atoms with Gasteiger partial charge in [0.1, 0.15) is 5.69 Å². The Balaban J connectivity index is 0.00000361. The number of pyridine rings is 1. The summed E-state index contributed by atoms with van der Waals surface area (Å²) in [6.07, 6.45) is 2.47. The van der Waals surface area contributed by atoms with Gasteiger partial charge in [0.15, 0.2) is 0 Å². The summed E-state index contributed by atoms with van der Waals surface area (Å²) >= 11 is 0. The summed E-state index contributed by atoms with van der Waals surface area (Å²) in [4.78, 5) is 27.0. The number of hydrogen-bond acceptors (Lipinski definition) is 4. The third-order valence-corrected chi connectivity index (χ3v) is 2.50. The fraction of sp³-hybridized carbons (Fsp3) is 0.462. The van der Waals surface area contributed by atoms with Gasteiger partial charge in [-0.05, 0) is 25.1 Å². The lowest BCUT2D eigenvalue weighted by atomic mass is 10.2. The van der Waals surface area contributed by atoms with E-state index in [9.17, 15) is 9.59 Å². The van der Waals surface area contributed by atoms with E-state index in [0.29, 0.717) is 17.8 Å². The van der Waals surface area contributed by atoms with Gasteiger partial charge in [0.25, 0.3) is 11.8 Å². The van der Waals surface area contributed by atoms with Crippen LogP contribution in [0.5, 0.6) is 0 Å². The Kier molecular flexibility index (Phi) is 9.32. The quantitative estimate of drug-likeness (QED) is 0.644. The maximum absolute atomic E-state index is 11.7. The zero-order chi connectivity index (χ0) is 14.1. The lowest BCUT2D eigenvalue weighted by molar-refractivity contribution is 0.0942. The topological polar surface area (TPSA) is 83.1 Å². The molecule has 112 valence electrons. The maximum Gasteiger partial charge on any atom is 0.269 e. The molecule has 0 saturated heterocycles. The molecule has 7 heteroatoms. The van der Waals surface area contributed by atoms with Crippen molar-refractivity contribution in [3.8, 4) is 0 Å². The molecule has 20 heavy (non-hydrogen) atoms. The zero-order valence-electron chi connectivity index (χ0n) is 11.7. The Hall–Kier alpha value is -1.66. The third kappa shape index (κ3) is 5.99. The third-order valence-electron chi connectivity index (χ3n) is 2.50. The Morgan fingerprint density at radius 3 is 2.45 bits per heavy atom. The average Bonchev–Trinajstić information content (AvgIpc) is 2.46. The first-order valence-electron chi connectivity index (χ1n) is 6.36. The molecule has 0 saturated carbocycles. The number of nitrogens with one attached hydrogen (secondary N) is 3. The van der Waals surface area contributed by atoms with Crippen LogP contribution in [-0.4, -0.2) is 43.5 Å². The van der Waals surface area contributed by atoms with E-state index in [1.54, 1.807) is 6.07 Å². The second-order valence-electron chi connectivity index (χ2n) is 4.02. The predicted molar refractivity (Wildman–Crippen MR) is 80.4 cm³/mol.